The van der Waals surface area contributed by atoms with Gasteiger partial charge in [0.25, 0.3) is 0 Å². The summed E-state index contributed by atoms with van der Waals surface area (Å²) in [6.07, 6.45) is 0.398. The zero-order valence-corrected chi connectivity index (χ0v) is 12.2. The number of methoxy groups -OCH3 is 1. The number of aromatic nitrogens is 1. The van der Waals surface area contributed by atoms with Gasteiger partial charge in [-0.15, -0.1) is 11.8 Å². The number of hydrogen-bond donors (Lipinski definition) is 0. The van der Waals surface area contributed by atoms with Crippen LogP contribution in [0.4, 0.5) is 0 Å². The predicted molar refractivity (Wildman–Crippen MR) is 78.4 cm³/mol. The largest absolute Gasteiger partial charge is 0.469 e. The van der Waals surface area contributed by atoms with Crippen molar-refractivity contribution in [1.82, 2.24) is 4.98 Å². The first-order valence-electron chi connectivity index (χ1n) is 6.20. The van der Waals surface area contributed by atoms with Crippen molar-refractivity contribution in [1.29, 1.82) is 0 Å². The molecule has 1 unspecified atom stereocenters. The zero-order valence-electron chi connectivity index (χ0n) is 11.3. The second-order valence-corrected chi connectivity index (χ2v) is 5.94. The molecule has 19 heavy (non-hydrogen) atoms. The lowest BCUT2D eigenvalue weighted by Crippen LogP contribution is -2.09. The summed E-state index contributed by atoms with van der Waals surface area (Å²) >= 11 is 1.62. The number of ether oxygens (including phenoxy) is 1. The van der Waals surface area contributed by atoms with Crippen LogP contribution in [0.25, 0.3) is 10.9 Å². The van der Waals surface area contributed by atoms with E-state index in [9.17, 15) is 4.79 Å². The van der Waals surface area contributed by atoms with Gasteiger partial charge in [-0.2, -0.15) is 0 Å². The number of rotatable bonds is 4. The molecule has 0 aliphatic heterocycles. The molecule has 0 amide bonds. The fraction of sp³-hybridized carbons (Fsp3) is 0.333. The van der Waals surface area contributed by atoms with Gasteiger partial charge in [0.15, 0.2) is 0 Å². The minimum atomic E-state index is -0.182. The number of thioether (sulfide) groups is 1. The maximum absolute atomic E-state index is 11.3. The lowest BCUT2D eigenvalue weighted by atomic mass is 10.2. The lowest BCUT2D eigenvalue weighted by molar-refractivity contribution is -0.140. The molecule has 1 atom stereocenters. The Morgan fingerprint density at radius 1 is 1.42 bits per heavy atom. The average Bonchev–Trinajstić information content (AvgIpc) is 2.39. The zero-order chi connectivity index (χ0) is 13.8. The molecule has 100 valence electrons. The molecule has 0 N–H and O–H groups in total. The van der Waals surface area contributed by atoms with Gasteiger partial charge in [-0.3, -0.25) is 4.79 Å². The number of esters is 1. The topological polar surface area (TPSA) is 39.2 Å². The second kappa shape index (κ2) is 6.06. The van der Waals surface area contributed by atoms with E-state index in [0.717, 1.165) is 21.5 Å². The molecule has 1 aromatic carbocycles. The van der Waals surface area contributed by atoms with Crippen LogP contribution in [-0.4, -0.2) is 23.3 Å². The Balaban J connectivity index is 2.20. The number of hydrogen-bond acceptors (Lipinski definition) is 4. The summed E-state index contributed by atoms with van der Waals surface area (Å²) in [5.41, 5.74) is 2.13. The monoisotopic (exact) mass is 275 g/mol. The molecular formula is C15H17NO2S. The molecule has 0 spiro atoms. The van der Waals surface area contributed by atoms with Gasteiger partial charge in [0.2, 0.25) is 0 Å². The van der Waals surface area contributed by atoms with Crippen molar-refractivity contribution < 1.29 is 9.53 Å². The van der Waals surface area contributed by atoms with Crippen molar-refractivity contribution >= 4 is 28.6 Å². The van der Waals surface area contributed by atoms with Gasteiger partial charge in [-0.1, -0.05) is 25.1 Å². The van der Waals surface area contributed by atoms with Crippen LogP contribution in [0.1, 0.15) is 18.9 Å². The van der Waals surface area contributed by atoms with Gasteiger partial charge in [0.05, 0.1) is 24.1 Å². The van der Waals surface area contributed by atoms with Gasteiger partial charge < -0.3 is 4.74 Å². The quantitative estimate of drug-likeness (QED) is 0.631. The Hall–Kier alpha value is -1.55. The standard InChI is InChI=1S/C15H17NO2S/c1-10-8-12-6-4-5-7-13(12)16-15(10)19-11(2)9-14(17)18-3/h4-8,11H,9H2,1-3H3. The predicted octanol–water partition coefficient (Wildman–Crippen LogP) is 3.59. The smallest absolute Gasteiger partial charge is 0.306 e. The van der Waals surface area contributed by atoms with Gasteiger partial charge >= 0.3 is 5.97 Å². The third kappa shape index (κ3) is 3.47. The van der Waals surface area contributed by atoms with Crippen molar-refractivity contribution in [2.45, 2.75) is 30.5 Å². The first kappa shape index (κ1) is 13.9. The number of aryl methyl sites for hydroxylation is 1. The van der Waals surface area contributed by atoms with Gasteiger partial charge in [-0.05, 0) is 24.6 Å². The van der Waals surface area contributed by atoms with E-state index < -0.39 is 0 Å². The highest BCUT2D eigenvalue weighted by Gasteiger charge is 2.13. The summed E-state index contributed by atoms with van der Waals surface area (Å²) in [5, 5.41) is 2.28. The van der Waals surface area contributed by atoms with Crippen LogP contribution in [0.2, 0.25) is 0 Å². The SMILES string of the molecule is COC(=O)CC(C)Sc1nc2ccccc2cc1C. The normalized spacial score (nSPS) is 12.4. The Bertz CT molecular complexity index is 598. The maximum atomic E-state index is 11.3. The first-order chi connectivity index (χ1) is 9.10. The van der Waals surface area contributed by atoms with Crippen molar-refractivity contribution in [3.8, 4) is 0 Å². The molecule has 0 aliphatic carbocycles. The Labute approximate surface area is 117 Å². The van der Waals surface area contributed by atoms with Crippen molar-refractivity contribution in [2.24, 2.45) is 0 Å². The van der Waals surface area contributed by atoms with E-state index in [0.29, 0.717) is 6.42 Å². The van der Waals surface area contributed by atoms with E-state index in [4.69, 9.17) is 0 Å². The van der Waals surface area contributed by atoms with E-state index in [1.807, 2.05) is 32.0 Å². The van der Waals surface area contributed by atoms with Crippen LogP contribution in [0, 0.1) is 6.92 Å². The van der Waals surface area contributed by atoms with Crippen LogP contribution in [0.15, 0.2) is 35.4 Å². The summed E-state index contributed by atoms with van der Waals surface area (Å²) in [7, 11) is 1.42. The Morgan fingerprint density at radius 2 is 2.16 bits per heavy atom. The number of para-hydroxylation sites is 1. The van der Waals surface area contributed by atoms with Gasteiger partial charge in [0.1, 0.15) is 0 Å². The lowest BCUT2D eigenvalue weighted by Gasteiger charge is -2.12. The fourth-order valence-corrected chi connectivity index (χ4v) is 2.87. The molecule has 0 aliphatic rings. The van der Waals surface area contributed by atoms with Crippen LogP contribution in [0.5, 0.6) is 0 Å². The fourth-order valence-electron chi connectivity index (χ4n) is 1.87. The Kier molecular flexibility index (Phi) is 4.43. The number of carbonyl (C=O) groups excluding carboxylic acids is 1. The molecular weight excluding hydrogens is 258 g/mol. The molecule has 0 saturated carbocycles. The summed E-state index contributed by atoms with van der Waals surface area (Å²) < 4.78 is 4.69. The highest BCUT2D eigenvalue weighted by molar-refractivity contribution is 7.99. The molecule has 1 heterocycles. The third-order valence-corrected chi connectivity index (χ3v) is 4.07. The molecule has 0 fully saturated rings. The minimum Gasteiger partial charge on any atom is -0.469 e. The molecule has 1 aromatic heterocycles. The molecule has 2 rings (SSSR count). The number of fused-ring (bicyclic) bond motifs is 1. The van der Waals surface area contributed by atoms with E-state index in [2.05, 4.69) is 21.9 Å². The molecule has 0 bridgehead atoms. The molecule has 3 nitrogen and oxygen atoms in total. The summed E-state index contributed by atoms with van der Waals surface area (Å²) in [6.45, 7) is 4.06. The number of nitrogens with zero attached hydrogens (tertiary/aromatic N) is 1. The number of pyridine rings is 1. The average molecular weight is 275 g/mol. The highest BCUT2D eigenvalue weighted by atomic mass is 32.2. The first-order valence-corrected chi connectivity index (χ1v) is 7.08. The third-order valence-electron chi connectivity index (χ3n) is 2.86. The van der Waals surface area contributed by atoms with E-state index in [-0.39, 0.29) is 11.2 Å². The van der Waals surface area contributed by atoms with Crippen molar-refractivity contribution in [3.63, 3.8) is 0 Å². The molecule has 0 saturated heterocycles. The summed E-state index contributed by atoms with van der Waals surface area (Å²) in [4.78, 5) is 15.9. The van der Waals surface area contributed by atoms with Crippen LogP contribution in [-0.2, 0) is 9.53 Å². The van der Waals surface area contributed by atoms with Crippen LogP contribution < -0.4 is 0 Å². The van der Waals surface area contributed by atoms with Gasteiger partial charge in [-0.25, -0.2) is 4.98 Å². The van der Waals surface area contributed by atoms with Gasteiger partial charge in [0, 0.05) is 10.6 Å². The minimum absolute atomic E-state index is 0.153. The van der Waals surface area contributed by atoms with Crippen LogP contribution in [0.3, 0.4) is 0 Å². The van der Waals surface area contributed by atoms with E-state index in [1.54, 1.807) is 11.8 Å². The summed E-state index contributed by atoms with van der Waals surface area (Å²) in [5.74, 6) is -0.182. The van der Waals surface area contributed by atoms with E-state index in [1.165, 1.54) is 7.11 Å². The Morgan fingerprint density at radius 3 is 2.89 bits per heavy atom. The molecule has 4 heteroatoms. The maximum Gasteiger partial charge on any atom is 0.306 e. The summed E-state index contributed by atoms with van der Waals surface area (Å²) in [6, 6.07) is 10.2. The molecule has 0 radical (unpaired) electrons. The molecule has 2 aromatic rings. The van der Waals surface area contributed by atoms with Crippen molar-refractivity contribution in [3.05, 3.63) is 35.9 Å². The van der Waals surface area contributed by atoms with Crippen LogP contribution >= 0.6 is 11.8 Å². The number of benzene rings is 1. The van der Waals surface area contributed by atoms with Crippen molar-refractivity contribution in [2.75, 3.05) is 7.11 Å². The van der Waals surface area contributed by atoms with E-state index >= 15 is 0 Å². The highest BCUT2D eigenvalue weighted by Crippen LogP contribution is 2.28. The second-order valence-electron chi connectivity index (χ2n) is 4.51. The number of carbonyl (C=O) groups is 1.